The molecule has 2 aromatic heterocycles. The molecule has 0 saturated heterocycles. The minimum absolute atomic E-state index is 0.217. The first-order chi connectivity index (χ1) is 15.8. The summed E-state index contributed by atoms with van der Waals surface area (Å²) in [4.78, 5) is 38.2. The Morgan fingerprint density at radius 3 is 2.61 bits per heavy atom. The van der Waals surface area contributed by atoms with Gasteiger partial charge in [-0.25, -0.2) is 0 Å². The third-order valence-corrected chi connectivity index (χ3v) is 6.37. The molecule has 33 heavy (non-hydrogen) atoms. The molecule has 0 atom stereocenters. The van der Waals surface area contributed by atoms with E-state index in [4.69, 9.17) is 14.2 Å². The molecule has 0 unspecified atom stereocenters. The van der Waals surface area contributed by atoms with E-state index in [0.717, 1.165) is 27.6 Å². The maximum atomic E-state index is 12.7. The Morgan fingerprint density at radius 1 is 1.06 bits per heavy atom. The number of carbonyl (C=O) groups is 3. The number of esters is 1. The van der Waals surface area contributed by atoms with Crippen molar-refractivity contribution in [3.05, 3.63) is 68.7 Å². The van der Waals surface area contributed by atoms with E-state index in [0.29, 0.717) is 22.7 Å². The summed E-state index contributed by atoms with van der Waals surface area (Å²) >= 11 is 1.34. The van der Waals surface area contributed by atoms with E-state index < -0.39 is 5.97 Å². The molecule has 0 saturated carbocycles. The SMILES string of the molecule is Cc1ccc(C(=O)NCC(=O)OCC(=O)c2cc(C)n(Cc3ccc4c(c3)OCO4)c2C)s1. The van der Waals surface area contributed by atoms with E-state index in [2.05, 4.69) is 5.32 Å². The standard InChI is InChI=1S/C24H24N2O6S/c1-14-8-18(16(3)26(14)11-17-5-6-20-21(9-17)32-13-31-20)19(27)12-30-23(28)10-25-24(29)22-7-4-15(2)33-22/h4-9H,10-13H2,1-3H3,(H,25,29). The van der Waals surface area contributed by atoms with Crippen LogP contribution < -0.4 is 14.8 Å². The molecule has 3 heterocycles. The molecule has 0 fully saturated rings. The summed E-state index contributed by atoms with van der Waals surface area (Å²) in [6, 6.07) is 11.1. The number of benzene rings is 1. The molecule has 3 aromatic rings. The largest absolute Gasteiger partial charge is 0.456 e. The number of carbonyl (C=O) groups excluding carboxylic acids is 3. The van der Waals surface area contributed by atoms with E-state index in [1.54, 1.807) is 12.1 Å². The minimum atomic E-state index is -0.667. The lowest BCUT2D eigenvalue weighted by atomic mass is 10.1. The summed E-state index contributed by atoms with van der Waals surface area (Å²) in [5.74, 6) is 0.120. The van der Waals surface area contributed by atoms with Crippen LogP contribution in [0.4, 0.5) is 0 Å². The molecule has 1 aliphatic heterocycles. The van der Waals surface area contributed by atoms with Gasteiger partial charge in [-0.1, -0.05) is 6.07 Å². The number of Topliss-reactive ketones (excluding diaryl/α,β-unsaturated/α-hetero) is 1. The molecule has 9 heteroatoms. The molecule has 0 radical (unpaired) electrons. The molecule has 172 valence electrons. The molecule has 1 aromatic carbocycles. The zero-order valence-corrected chi connectivity index (χ0v) is 19.4. The predicted octanol–water partition coefficient (Wildman–Crippen LogP) is 3.41. The van der Waals surface area contributed by atoms with E-state index in [-0.39, 0.29) is 31.6 Å². The van der Waals surface area contributed by atoms with Crippen molar-refractivity contribution in [3.63, 3.8) is 0 Å². The maximum Gasteiger partial charge on any atom is 0.325 e. The molecule has 8 nitrogen and oxygen atoms in total. The van der Waals surface area contributed by atoms with Crippen molar-refractivity contribution in [2.24, 2.45) is 0 Å². The van der Waals surface area contributed by atoms with Crippen molar-refractivity contribution >= 4 is 29.0 Å². The highest BCUT2D eigenvalue weighted by atomic mass is 32.1. The van der Waals surface area contributed by atoms with Gasteiger partial charge in [0, 0.05) is 28.4 Å². The Labute approximate surface area is 195 Å². The van der Waals surface area contributed by atoms with E-state index >= 15 is 0 Å². The summed E-state index contributed by atoms with van der Waals surface area (Å²) in [5, 5.41) is 2.51. The average Bonchev–Trinajstić information content (AvgIpc) is 3.51. The number of aryl methyl sites for hydroxylation is 2. The lowest BCUT2D eigenvalue weighted by Gasteiger charge is -2.11. The summed E-state index contributed by atoms with van der Waals surface area (Å²) in [5.41, 5.74) is 3.22. The van der Waals surface area contributed by atoms with Crippen LogP contribution >= 0.6 is 11.3 Å². The van der Waals surface area contributed by atoms with Gasteiger partial charge in [-0.3, -0.25) is 14.4 Å². The van der Waals surface area contributed by atoms with Crippen LogP contribution in [0.2, 0.25) is 0 Å². The first-order valence-corrected chi connectivity index (χ1v) is 11.2. The number of aromatic nitrogens is 1. The van der Waals surface area contributed by atoms with Crippen molar-refractivity contribution in [3.8, 4) is 11.5 Å². The van der Waals surface area contributed by atoms with Gasteiger partial charge in [0.1, 0.15) is 6.54 Å². The molecular weight excluding hydrogens is 444 g/mol. The van der Waals surface area contributed by atoms with Gasteiger partial charge in [-0.05, 0) is 56.7 Å². The Hall–Kier alpha value is -3.59. The number of amides is 1. The van der Waals surface area contributed by atoms with Gasteiger partial charge in [-0.15, -0.1) is 11.3 Å². The second-order valence-electron chi connectivity index (χ2n) is 7.74. The summed E-state index contributed by atoms with van der Waals surface area (Å²) in [6.07, 6.45) is 0. The zero-order chi connectivity index (χ0) is 23.5. The number of hydrogen-bond donors (Lipinski definition) is 1. The first kappa shape index (κ1) is 22.6. The van der Waals surface area contributed by atoms with E-state index in [9.17, 15) is 14.4 Å². The van der Waals surface area contributed by atoms with Gasteiger partial charge in [-0.2, -0.15) is 0 Å². The Balaban J connectivity index is 1.33. The summed E-state index contributed by atoms with van der Waals surface area (Å²) in [6.45, 7) is 5.77. The van der Waals surface area contributed by atoms with Crippen molar-refractivity contribution in [2.45, 2.75) is 27.3 Å². The summed E-state index contributed by atoms with van der Waals surface area (Å²) in [7, 11) is 0. The lowest BCUT2D eigenvalue weighted by Crippen LogP contribution is -2.31. The highest BCUT2D eigenvalue weighted by Crippen LogP contribution is 2.33. The fraction of sp³-hybridized carbons (Fsp3) is 0.292. The second-order valence-corrected chi connectivity index (χ2v) is 9.02. The third kappa shape index (κ3) is 5.09. The van der Waals surface area contributed by atoms with E-state index in [1.165, 1.54) is 11.3 Å². The zero-order valence-electron chi connectivity index (χ0n) is 18.6. The van der Waals surface area contributed by atoms with Crippen LogP contribution in [0.25, 0.3) is 0 Å². The fourth-order valence-electron chi connectivity index (χ4n) is 3.62. The molecule has 4 rings (SSSR count). The third-order valence-electron chi connectivity index (χ3n) is 5.37. The van der Waals surface area contributed by atoms with Gasteiger partial charge in [0.15, 0.2) is 18.1 Å². The molecule has 0 spiro atoms. The van der Waals surface area contributed by atoms with Crippen LogP contribution in [0.15, 0.2) is 36.4 Å². The number of ketones is 1. The highest BCUT2D eigenvalue weighted by molar-refractivity contribution is 7.13. The van der Waals surface area contributed by atoms with Crippen LogP contribution in [-0.4, -0.2) is 42.2 Å². The van der Waals surface area contributed by atoms with Gasteiger partial charge >= 0.3 is 5.97 Å². The van der Waals surface area contributed by atoms with Crippen LogP contribution in [0.3, 0.4) is 0 Å². The quantitative estimate of drug-likeness (QED) is 0.402. The number of hydrogen-bond acceptors (Lipinski definition) is 7. The number of ether oxygens (including phenoxy) is 3. The molecule has 0 aliphatic carbocycles. The first-order valence-electron chi connectivity index (χ1n) is 10.4. The Morgan fingerprint density at radius 2 is 1.85 bits per heavy atom. The number of nitrogens with zero attached hydrogens (tertiary/aromatic N) is 1. The normalized spacial score (nSPS) is 12.0. The monoisotopic (exact) mass is 468 g/mol. The maximum absolute atomic E-state index is 12.7. The van der Waals surface area contributed by atoms with Crippen LogP contribution in [0.5, 0.6) is 11.5 Å². The van der Waals surface area contributed by atoms with Crippen molar-refractivity contribution in [1.82, 2.24) is 9.88 Å². The van der Waals surface area contributed by atoms with Crippen LogP contribution in [0, 0.1) is 20.8 Å². The average molecular weight is 469 g/mol. The Bertz CT molecular complexity index is 1230. The van der Waals surface area contributed by atoms with Gasteiger partial charge in [0.2, 0.25) is 12.6 Å². The van der Waals surface area contributed by atoms with Crippen molar-refractivity contribution in [2.75, 3.05) is 19.9 Å². The van der Waals surface area contributed by atoms with Crippen LogP contribution in [-0.2, 0) is 16.1 Å². The lowest BCUT2D eigenvalue weighted by molar-refractivity contribution is -0.141. The summed E-state index contributed by atoms with van der Waals surface area (Å²) < 4.78 is 17.9. The molecule has 0 bridgehead atoms. The number of rotatable bonds is 8. The van der Waals surface area contributed by atoms with Crippen molar-refractivity contribution in [1.29, 1.82) is 0 Å². The molecule has 1 N–H and O–H groups in total. The molecular formula is C24H24N2O6S. The van der Waals surface area contributed by atoms with Gasteiger partial charge in [0.25, 0.3) is 5.91 Å². The number of nitrogens with one attached hydrogen (secondary N) is 1. The smallest absolute Gasteiger partial charge is 0.325 e. The van der Waals surface area contributed by atoms with E-state index in [1.807, 2.05) is 49.6 Å². The Kier molecular flexibility index (Phi) is 6.50. The predicted molar refractivity (Wildman–Crippen MR) is 122 cm³/mol. The number of thiophene rings is 1. The fourth-order valence-corrected chi connectivity index (χ4v) is 4.40. The molecule has 1 amide bonds. The second kappa shape index (κ2) is 9.50. The van der Waals surface area contributed by atoms with Gasteiger partial charge in [0.05, 0.1) is 4.88 Å². The van der Waals surface area contributed by atoms with Crippen molar-refractivity contribution < 1.29 is 28.6 Å². The molecule has 1 aliphatic rings. The van der Waals surface area contributed by atoms with Crippen LogP contribution in [0.1, 0.15) is 41.9 Å². The van der Waals surface area contributed by atoms with Gasteiger partial charge < -0.3 is 24.1 Å². The highest BCUT2D eigenvalue weighted by Gasteiger charge is 2.19. The topological polar surface area (TPSA) is 95.9 Å². The minimum Gasteiger partial charge on any atom is -0.456 e. The number of fused-ring (bicyclic) bond motifs is 1.